The monoisotopic (exact) mass is 109 g/mol. The van der Waals surface area contributed by atoms with Gasteiger partial charge in [-0.1, -0.05) is 12.3 Å². The van der Waals surface area contributed by atoms with E-state index < -0.39 is 5.97 Å². The molecule has 8 heavy (non-hydrogen) atoms. The van der Waals surface area contributed by atoms with Crippen molar-refractivity contribution in [1.82, 2.24) is 0 Å². The zero-order valence-electron chi connectivity index (χ0n) is 4.05. The SMILES string of the molecule is C=C=C1N=CC(=O)O1. The molecule has 0 aromatic carbocycles. The van der Waals surface area contributed by atoms with Crippen LogP contribution in [0.25, 0.3) is 0 Å². The Hall–Kier alpha value is -1.34. The van der Waals surface area contributed by atoms with Gasteiger partial charge in [-0.3, -0.25) is 0 Å². The van der Waals surface area contributed by atoms with Crippen LogP contribution in [0.2, 0.25) is 0 Å². The highest BCUT2D eigenvalue weighted by atomic mass is 16.6. The number of nitrogens with zero attached hydrogens (tertiary/aromatic N) is 1. The van der Waals surface area contributed by atoms with Crippen LogP contribution in [0.3, 0.4) is 0 Å². The lowest BCUT2D eigenvalue weighted by Crippen LogP contribution is -1.93. The normalized spacial score (nSPS) is 16.0. The van der Waals surface area contributed by atoms with Crippen LogP contribution in [-0.4, -0.2) is 12.2 Å². The van der Waals surface area contributed by atoms with Gasteiger partial charge in [0.1, 0.15) is 6.21 Å². The molecule has 3 nitrogen and oxygen atoms in total. The van der Waals surface area contributed by atoms with Crippen molar-refractivity contribution in [2.24, 2.45) is 4.99 Å². The number of rotatable bonds is 0. The first-order valence-corrected chi connectivity index (χ1v) is 1.99. The van der Waals surface area contributed by atoms with Gasteiger partial charge >= 0.3 is 5.97 Å². The smallest absolute Gasteiger partial charge is 0.356 e. The standard InChI is InChI=1S/C5H3NO2/c1-2-4-6-3-5(7)8-4/h3H,1H2. The molecule has 0 aromatic heterocycles. The predicted octanol–water partition coefficient (Wildman–Crippen LogP) is 0.240. The third-order valence-corrected chi connectivity index (χ3v) is 0.636. The van der Waals surface area contributed by atoms with Crippen LogP contribution in [0.1, 0.15) is 0 Å². The number of carbonyl (C=O) groups is 1. The molecule has 0 radical (unpaired) electrons. The topological polar surface area (TPSA) is 38.7 Å². The number of hydrogen-bond acceptors (Lipinski definition) is 3. The summed E-state index contributed by atoms with van der Waals surface area (Å²) in [5.41, 5.74) is 2.32. The Kier molecular flexibility index (Phi) is 0.985. The van der Waals surface area contributed by atoms with Gasteiger partial charge < -0.3 is 4.74 Å². The molecular weight excluding hydrogens is 106 g/mol. The van der Waals surface area contributed by atoms with E-state index >= 15 is 0 Å². The van der Waals surface area contributed by atoms with E-state index in [9.17, 15) is 4.79 Å². The number of aliphatic imine (C=N–C) groups is 1. The second-order valence-electron chi connectivity index (χ2n) is 1.16. The van der Waals surface area contributed by atoms with E-state index in [2.05, 4.69) is 22.0 Å². The molecule has 1 heterocycles. The molecule has 0 spiro atoms. The fourth-order valence-electron chi connectivity index (χ4n) is 0.341. The molecular formula is C5H3NO2. The lowest BCUT2D eigenvalue weighted by atomic mass is 10.8. The van der Waals surface area contributed by atoms with Crippen LogP contribution < -0.4 is 0 Å². The van der Waals surface area contributed by atoms with Crippen LogP contribution >= 0.6 is 0 Å². The summed E-state index contributed by atoms with van der Waals surface area (Å²) < 4.78 is 4.39. The highest BCUT2D eigenvalue weighted by Crippen LogP contribution is 2.01. The van der Waals surface area contributed by atoms with E-state index in [0.717, 1.165) is 6.21 Å². The van der Waals surface area contributed by atoms with Crippen molar-refractivity contribution in [3.63, 3.8) is 0 Å². The maximum Gasteiger partial charge on any atom is 0.356 e. The van der Waals surface area contributed by atoms with Gasteiger partial charge in [0.25, 0.3) is 5.88 Å². The molecule has 0 N–H and O–H groups in total. The number of cyclic esters (lactones) is 1. The fourth-order valence-corrected chi connectivity index (χ4v) is 0.341. The molecule has 0 bridgehead atoms. The van der Waals surface area contributed by atoms with Crippen molar-refractivity contribution >= 4 is 12.2 Å². The summed E-state index contributed by atoms with van der Waals surface area (Å²) in [7, 11) is 0. The molecule has 0 fully saturated rings. The van der Waals surface area contributed by atoms with Crippen molar-refractivity contribution in [2.75, 3.05) is 0 Å². The lowest BCUT2D eigenvalue weighted by molar-refractivity contribution is -0.129. The van der Waals surface area contributed by atoms with Crippen molar-refractivity contribution in [1.29, 1.82) is 0 Å². The van der Waals surface area contributed by atoms with Crippen molar-refractivity contribution < 1.29 is 9.53 Å². The van der Waals surface area contributed by atoms with Gasteiger partial charge in [-0.15, -0.1) is 0 Å². The first-order valence-electron chi connectivity index (χ1n) is 1.99. The minimum atomic E-state index is -0.462. The third kappa shape index (κ3) is 0.669. The summed E-state index contributed by atoms with van der Waals surface area (Å²) in [6.07, 6.45) is 1.08. The Morgan fingerprint density at radius 2 is 2.62 bits per heavy atom. The summed E-state index contributed by atoms with van der Waals surface area (Å²) in [5.74, 6) is -0.314. The Morgan fingerprint density at radius 3 is 2.88 bits per heavy atom. The predicted molar refractivity (Wildman–Crippen MR) is 27.2 cm³/mol. The minimum Gasteiger partial charge on any atom is -0.396 e. The highest BCUT2D eigenvalue weighted by molar-refractivity contribution is 6.25. The molecule has 40 valence electrons. The van der Waals surface area contributed by atoms with E-state index in [4.69, 9.17) is 0 Å². The van der Waals surface area contributed by atoms with E-state index in [1.54, 1.807) is 0 Å². The zero-order valence-corrected chi connectivity index (χ0v) is 4.05. The summed E-state index contributed by atoms with van der Waals surface area (Å²) in [5, 5.41) is 0. The Labute approximate surface area is 46.0 Å². The molecule has 0 amide bonds. The summed E-state index contributed by atoms with van der Waals surface area (Å²) in [4.78, 5) is 13.6. The average Bonchev–Trinajstić information content (AvgIpc) is 2.14. The Balaban J connectivity index is 2.88. The molecule has 0 aliphatic carbocycles. The zero-order chi connectivity index (χ0) is 5.98. The molecule has 1 rings (SSSR count). The van der Waals surface area contributed by atoms with Gasteiger partial charge in [0.05, 0.1) is 0 Å². The largest absolute Gasteiger partial charge is 0.396 e. The third-order valence-electron chi connectivity index (χ3n) is 0.636. The maximum absolute atomic E-state index is 10.2. The summed E-state index contributed by atoms with van der Waals surface area (Å²) in [6.45, 7) is 3.22. The molecule has 1 aliphatic heterocycles. The van der Waals surface area contributed by atoms with Crippen LogP contribution in [-0.2, 0) is 9.53 Å². The molecule has 1 aliphatic rings. The van der Waals surface area contributed by atoms with Gasteiger partial charge in [-0.05, 0) is 0 Å². The molecule has 0 atom stereocenters. The van der Waals surface area contributed by atoms with Gasteiger partial charge in [0.2, 0.25) is 0 Å². The van der Waals surface area contributed by atoms with E-state index in [-0.39, 0.29) is 5.88 Å². The van der Waals surface area contributed by atoms with Gasteiger partial charge in [-0.2, -0.15) is 0 Å². The van der Waals surface area contributed by atoms with Crippen molar-refractivity contribution in [3.8, 4) is 0 Å². The quantitative estimate of drug-likeness (QED) is 0.330. The van der Waals surface area contributed by atoms with E-state index in [1.807, 2.05) is 0 Å². The second kappa shape index (κ2) is 1.64. The molecule has 0 unspecified atom stereocenters. The van der Waals surface area contributed by atoms with Gasteiger partial charge in [-0.25, -0.2) is 9.79 Å². The lowest BCUT2D eigenvalue weighted by Gasteiger charge is -1.83. The summed E-state index contributed by atoms with van der Waals surface area (Å²) in [6, 6.07) is 0. The average molecular weight is 109 g/mol. The van der Waals surface area contributed by atoms with Crippen LogP contribution in [0.4, 0.5) is 0 Å². The number of esters is 1. The number of hydrogen-bond donors (Lipinski definition) is 0. The number of carbonyl (C=O) groups excluding carboxylic acids is 1. The Bertz CT molecular complexity index is 198. The molecule has 0 saturated carbocycles. The number of ether oxygens (including phenoxy) is 1. The molecule has 0 saturated heterocycles. The Morgan fingerprint density at radius 1 is 1.88 bits per heavy atom. The van der Waals surface area contributed by atoms with E-state index in [0.29, 0.717) is 0 Å². The first kappa shape index (κ1) is 4.81. The van der Waals surface area contributed by atoms with Crippen molar-refractivity contribution in [3.05, 3.63) is 18.2 Å². The van der Waals surface area contributed by atoms with Crippen LogP contribution in [0.5, 0.6) is 0 Å². The van der Waals surface area contributed by atoms with E-state index in [1.165, 1.54) is 0 Å². The van der Waals surface area contributed by atoms with Crippen molar-refractivity contribution in [2.45, 2.75) is 0 Å². The first-order chi connectivity index (χ1) is 3.83. The molecule has 0 aromatic rings. The highest BCUT2D eigenvalue weighted by Gasteiger charge is 2.08. The summed E-state index contributed by atoms with van der Waals surface area (Å²) >= 11 is 0. The van der Waals surface area contributed by atoms with Crippen LogP contribution in [0.15, 0.2) is 23.2 Å². The molecule has 3 heteroatoms. The maximum atomic E-state index is 10.2. The second-order valence-corrected chi connectivity index (χ2v) is 1.16. The van der Waals surface area contributed by atoms with Gasteiger partial charge in [0.15, 0.2) is 0 Å². The van der Waals surface area contributed by atoms with Gasteiger partial charge in [0, 0.05) is 0 Å². The minimum absolute atomic E-state index is 0.148. The fraction of sp³-hybridized carbons (Fsp3) is 0. The van der Waals surface area contributed by atoms with Crippen LogP contribution in [0, 0.1) is 0 Å².